The first-order valence-electron chi connectivity index (χ1n) is 6.99. The van der Waals surface area contributed by atoms with Crippen molar-refractivity contribution >= 4 is 22.3 Å². The molecule has 0 radical (unpaired) electrons. The van der Waals surface area contributed by atoms with Gasteiger partial charge in [0.1, 0.15) is 5.00 Å². The summed E-state index contributed by atoms with van der Waals surface area (Å²) in [7, 11) is 0. The van der Waals surface area contributed by atoms with Crippen LogP contribution in [0.2, 0.25) is 0 Å². The molecule has 1 aliphatic rings. The summed E-state index contributed by atoms with van der Waals surface area (Å²) < 4.78 is 5.02. The molecule has 3 atom stereocenters. The number of nitrogens with zero attached hydrogens (tertiary/aromatic N) is 1. The molecule has 0 aliphatic heterocycles. The lowest BCUT2D eigenvalue weighted by atomic mass is 9.79. The summed E-state index contributed by atoms with van der Waals surface area (Å²) in [4.78, 5) is 15.9. The van der Waals surface area contributed by atoms with Gasteiger partial charge in [-0.25, -0.2) is 9.78 Å². The number of carbonyl (C=O) groups excluding carboxylic acids is 1. The van der Waals surface area contributed by atoms with E-state index in [4.69, 9.17) is 4.74 Å². The smallest absolute Gasteiger partial charge is 0.360 e. The van der Waals surface area contributed by atoms with Crippen LogP contribution >= 0.6 is 11.3 Å². The molecule has 19 heavy (non-hydrogen) atoms. The van der Waals surface area contributed by atoms with Crippen LogP contribution in [0.25, 0.3) is 0 Å². The summed E-state index contributed by atoms with van der Waals surface area (Å²) in [5.41, 5.74) is 2.13. The molecule has 1 aromatic heterocycles. The van der Waals surface area contributed by atoms with Crippen molar-refractivity contribution in [3.05, 3.63) is 11.2 Å². The Hall–Kier alpha value is -1.10. The van der Waals surface area contributed by atoms with Gasteiger partial charge in [0.25, 0.3) is 0 Å². The lowest BCUT2D eigenvalue weighted by Gasteiger charge is -2.32. The van der Waals surface area contributed by atoms with E-state index >= 15 is 0 Å². The van der Waals surface area contributed by atoms with Crippen LogP contribution in [0.15, 0.2) is 5.51 Å². The molecule has 0 bridgehead atoms. The number of thiazole rings is 1. The molecular formula is C14H22N2O2S. The number of anilines is 1. The number of aromatic nitrogens is 1. The molecule has 0 aromatic carbocycles. The maximum atomic E-state index is 11.8. The highest BCUT2D eigenvalue weighted by atomic mass is 32.1. The van der Waals surface area contributed by atoms with E-state index < -0.39 is 0 Å². The van der Waals surface area contributed by atoms with Gasteiger partial charge in [-0.05, 0) is 38.0 Å². The van der Waals surface area contributed by atoms with Crippen molar-refractivity contribution in [2.45, 2.75) is 46.1 Å². The van der Waals surface area contributed by atoms with E-state index in [1.807, 2.05) is 6.92 Å². The zero-order chi connectivity index (χ0) is 13.8. The second-order valence-electron chi connectivity index (χ2n) is 5.36. The van der Waals surface area contributed by atoms with Crippen molar-refractivity contribution in [1.29, 1.82) is 0 Å². The Kier molecular flexibility index (Phi) is 4.80. The van der Waals surface area contributed by atoms with E-state index in [1.165, 1.54) is 17.8 Å². The van der Waals surface area contributed by atoms with Gasteiger partial charge in [0.15, 0.2) is 5.69 Å². The number of esters is 1. The zero-order valence-corrected chi connectivity index (χ0v) is 12.6. The van der Waals surface area contributed by atoms with E-state index in [2.05, 4.69) is 24.1 Å². The first-order valence-corrected chi connectivity index (χ1v) is 7.87. The summed E-state index contributed by atoms with van der Waals surface area (Å²) in [6.45, 7) is 6.81. The monoisotopic (exact) mass is 282 g/mol. The van der Waals surface area contributed by atoms with Crippen LogP contribution in [0.1, 0.15) is 50.5 Å². The van der Waals surface area contributed by atoms with Crippen molar-refractivity contribution in [1.82, 2.24) is 4.98 Å². The predicted molar refractivity (Wildman–Crippen MR) is 77.7 cm³/mol. The third-order valence-electron chi connectivity index (χ3n) is 3.97. The molecule has 0 amide bonds. The van der Waals surface area contributed by atoms with Crippen molar-refractivity contribution in [3.63, 3.8) is 0 Å². The molecule has 1 saturated carbocycles. The first-order chi connectivity index (χ1) is 9.11. The number of nitrogens with one attached hydrogen (secondary N) is 1. The fourth-order valence-electron chi connectivity index (χ4n) is 2.56. The van der Waals surface area contributed by atoms with Gasteiger partial charge < -0.3 is 10.1 Å². The standard InChI is InChI=1S/C14H22N2O2S/c1-4-18-14(17)12-13(19-8-15-12)16-11-6-5-9(2)10(3)7-11/h8-11,16H,4-7H2,1-3H3. The van der Waals surface area contributed by atoms with Gasteiger partial charge in [0.2, 0.25) is 0 Å². The van der Waals surface area contributed by atoms with E-state index in [0.29, 0.717) is 18.3 Å². The molecule has 1 fully saturated rings. The largest absolute Gasteiger partial charge is 0.461 e. The Balaban J connectivity index is 2.00. The average molecular weight is 282 g/mol. The van der Waals surface area contributed by atoms with E-state index in [9.17, 15) is 4.79 Å². The molecule has 0 saturated heterocycles. The summed E-state index contributed by atoms with van der Waals surface area (Å²) in [6, 6.07) is 0.444. The van der Waals surface area contributed by atoms with Gasteiger partial charge in [0.05, 0.1) is 12.1 Å². The molecule has 1 heterocycles. The summed E-state index contributed by atoms with van der Waals surface area (Å²) in [5, 5.41) is 4.33. The van der Waals surface area contributed by atoms with Gasteiger partial charge >= 0.3 is 5.97 Å². The van der Waals surface area contributed by atoms with Crippen molar-refractivity contribution in [2.75, 3.05) is 11.9 Å². The third kappa shape index (κ3) is 3.47. The van der Waals surface area contributed by atoms with Crippen LogP contribution in [-0.2, 0) is 4.74 Å². The van der Waals surface area contributed by atoms with E-state index in [0.717, 1.165) is 29.7 Å². The van der Waals surface area contributed by atoms with E-state index in [-0.39, 0.29) is 5.97 Å². The number of carbonyl (C=O) groups is 1. The van der Waals surface area contributed by atoms with Gasteiger partial charge in [-0.2, -0.15) is 0 Å². The molecule has 4 nitrogen and oxygen atoms in total. The quantitative estimate of drug-likeness (QED) is 0.858. The SMILES string of the molecule is CCOC(=O)c1ncsc1NC1CCC(C)C(C)C1. The molecule has 1 aromatic rings. The van der Waals surface area contributed by atoms with Crippen LogP contribution in [0.5, 0.6) is 0 Å². The predicted octanol–water partition coefficient (Wildman–Crippen LogP) is 3.56. The Morgan fingerprint density at radius 3 is 2.95 bits per heavy atom. The Bertz CT molecular complexity index is 433. The maximum Gasteiger partial charge on any atom is 0.360 e. The average Bonchev–Trinajstić information content (AvgIpc) is 2.82. The summed E-state index contributed by atoms with van der Waals surface area (Å²) in [6.07, 6.45) is 3.55. The van der Waals surface area contributed by atoms with Gasteiger partial charge in [-0.1, -0.05) is 13.8 Å². The topological polar surface area (TPSA) is 51.2 Å². The Labute approximate surface area is 118 Å². The maximum absolute atomic E-state index is 11.8. The second-order valence-corrected chi connectivity index (χ2v) is 6.21. The number of hydrogen-bond acceptors (Lipinski definition) is 5. The molecule has 0 spiro atoms. The normalized spacial score (nSPS) is 27.0. The lowest BCUT2D eigenvalue weighted by molar-refractivity contribution is 0.0521. The molecule has 2 rings (SSSR count). The van der Waals surface area contributed by atoms with Crippen LogP contribution in [0.3, 0.4) is 0 Å². The Morgan fingerprint density at radius 2 is 2.26 bits per heavy atom. The molecule has 3 unspecified atom stereocenters. The first kappa shape index (κ1) is 14.3. The fourth-order valence-corrected chi connectivity index (χ4v) is 3.30. The minimum absolute atomic E-state index is 0.330. The number of ether oxygens (including phenoxy) is 1. The van der Waals surface area contributed by atoms with Crippen molar-refractivity contribution in [2.24, 2.45) is 11.8 Å². The molecule has 5 heteroatoms. The highest BCUT2D eigenvalue weighted by Crippen LogP contribution is 2.32. The Morgan fingerprint density at radius 1 is 1.47 bits per heavy atom. The zero-order valence-electron chi connectivity index (χ0n) is 11.8. The molecule has 106 valence electrons. The van der Waals surface area contributed by atoms with Crippen molar-refractivity contribution in [3.8, 4) is 0 Å². The highest BCUT2D eigenvalue weighted by molar-refractivity contribution is 7.14. The molecule has 1 aliphatic carbocycles. The van der Waals surface area contributed by atoms with Crippen molar-refractivity contribution < 1.29 is 9.53 Å². The second kappa shape index (κ2) is 6.37. The van der Waals surface area contributed by atoms with Crippen LogP contribution < -0.4 is 5.32 Å². The summed E-state index contributed by atoms with van der Waals surface area (Å²) in [5.74, 6) is 1.19. The molecule has 1 N–H and O–H groups in total. The lowest BCUT2D eigenvalue weighted by Crippen LogP contribution is -2.30. The third-order valence-corrected chi connectivity index (χ3v) is 4.73. The van der Waals surface area contributed by atoms with Crippen LogP contribution in [0, 0.1) is 11.8 Å². The van der Waals surface area contributed by atoms with Gasteiger partial charge in [0, 0.05) is 6.04 Å². The minimum atomic E-state index is -0.330. The number of rotatable bonds is 4. The minimum Gasteiger partial charge on any atom is -0.461 e. The van der Waals surface area contributed by atoms with Gasteiger partial charge in [-0.15, -0.1) is 11.3 Å². The van der Waals surface area contributed by atoms with E-state index in [1.54, 1.807) is 5.51 Å². The van der Waals surface area contributed by atoms with Crippen LogP contribution in [-0.4, -0.2) is 23.6 Å². The fraction of sp³-hybridized carbons (Fsp3) is 0.714. The summed E-state index contributed by atoms with van der Waals surface area (Å²) >= 11 is 1.48. The van der Waals surface area contributed by atoms with Gasteiger partial charge in [-0.3, -0.25) is 0 Å². The molecular weight excluding hydrogens is 260 g/mol. The number of hydrogen-bond donors (Lipinski definition) is 1. The highest BCUT2D eigenvalue weighted by Gasteiger charge is 2.26. The van der Waals surface area contributed by atoms with Crippen LogP contribution in [0.4, 0.5) is 5.00 Å².